The maximum Gasteiger partial charge on any atom is 0.0113 e. The monoisotopic (exact) mass is 277 g/mol. The van der Waals surface area contributed by atoms with Gasteiger partial charge in [-0.05, 0) is 76.9 Å². The van der Waals surface area contributed by atoms with Crippen LogP contribution in [0.1, 0.15) is 57.8 Å². The summed E-state index contributed by atoms with van der Waals surface area (Å²) in [4.78, 5) is 2.74. The average molecular weight is 277 g/mol. The summed E-state index contributed by atoms with van der Waals surface area (Å²) in [5.74, 6) is 0.916. The quantitative estimate of drug-likeness (QED) is 0.827. The van der Waals surface area contributed by atoms with Gasteiger partial charge in [0, 0.05) is 24.2 Å². The van der Waals surface area contributed by atoms with E-state index >= 15 is 0 Å². The summed E-state index contributed by atoms with van der Waals surface area (Å²) in [5.41, 5.74) is 0. The SMILES string of the molecule is C1CNC(C2CCCC2NC2CCN3CCCC3C2)C1. The molecule has 4 aliphatic rings. The van der Waals surface area contributed by atoms with E-state index in [0.29, 0.717) is 0 Å². The van der Waals surface area contributed by atoms with Crippen LogP contribution in [0.15, 0.2) is 0 Å². The van der Waals surface area contributed by atoms with Crippen molar-refractivity contribution in [1.29, 1.82) is 0 Å². The smallest absolute Gasteiger partial charge is 0.0113 e. The van der Waals surface area contributed by atoms with Crippen molar-refractivity contribution in [2.24, 2.45) is 5.92 Å². The van der Waals surface area contributed by atoms with Crippen molar-refractivity contribution < 1.29 is 0 Å². The van der Waals surface area contributed by atoms with Gasteiger partial charge in [0.2, 0.25) is 0 Å². The molecule has 0 aromatic carbocycles. The maximum atomic E-state index is 4.09. The second-order valence-corrected chi connectivity index (χ2v) is 7.62. The summed E-state index contributed by atoms with van der Waals surface area (Å²) >= 11 is 0. The number of hydrogen-bond acceptors (Lipinski definition) is 3. The minimum absolute atomic E-state index is 0.807. The van der Waals surface area contributed by atoms with Crippen molar-refractivity contribution in [3.8, 4) is 0 Å². The lowest BCUT2D eigenvalue weighted by Crippen LogP contribution is -2.51. The Morgan fingerprint density at radius 2 is 1.90 bits per heavy atom. The Morgan fingerprint density at radius 1 is 0.900 bits per heavy atom. The molecule has 0 bridgehead atoms. The van der Waals surface area contributed by atoms with Crippen LogP contribution in [0.3, 0.4) is 0 Å². The molecule has 1 aliphatic carbocycles. The van der Waals surface area contributed by atoms with Gasteiger partial charge in [-0.3, -0.25) is 0 Å². The topological polar surface area (TPSA) is 27.3 Å². The van der Waals surface area contributed by atoms with E-state index in [2.05, 4.69) is 15.5 Å². The molecule has 0 aromatic heterocycles. The van der Waals surface area contributed by atoms with Gasteiger partial charge in [0.1, 0.15) is 0 Å². The van der Waals surface area contributed by atoms with Gasteiger partial charge in [-0.2, -0.15) is 0 Å². The fourth-order valence-corrected chi connectivity index (χ4v) is 5.43. The van der Waals surface area contributed by atoms with Gasteiger partial charge in [0.15, 0.2) is 0 Å². The third-order valence-electron chi connectivity index (χ3n) is 6.45. The van der Waals surface area contributed by atoms with E-state index in [0.717, 1.165) is 30.1 Å². The number of hydrogen-bond donors (Lipinski definition) is 2. The Balaban J connectivity index is 1.33. The zero-order chi connectivity index (χ0) is 13.4. The Kier molecular flexibility index (Phi) is 4.02. The minimum atomic E-state index is 0.807. The summed E-state index contributed by atoms with van der Waals surface area (Å²) in [5, 5.41) is 7.85. The first-order valence-electron chi connectivity index (χ1n) is 9.13. The van der Waals surface area contributed by atoms with Gasteiger partial charge >= 0.3 is 0 Å². The molecular formula is C17H31N3. The summed E-state index contributed by atoms with van der Waals surface area (Å²) in [7, 11) is 0. The van der Waals surface area contributed by atoms with E-state index in [9.17, 15) is 0 Å². The van der Waals surface area contributed by atoms with Crippen molar-refractivity contribution in [3.63, 3.8) is 0 Å². The average Bonchev–Trinajstić information content (AvgIpc) is 3.19. The highest BCUT2D eigenvalue weighted by molar-refractivity contribution is 4.96. The largest absolute Gasteiger partial charge is 0.314 e. The molecule has 5 atom stereocenters. The van der Waals surface area contributed by atoms with E-state index in [4.69, 9.17) is 0 Å². The van der Waals surface area contributed by atoms with Crippen molar-refractivity contribution in [3.05, 3.63) is 0 Å². The first kappa shape index (κ1) is 13.5. The van der Waals surface area contributed by atoms with Crippen LogP contribution in [0.25, 0.3) is 0 Å². The van der Waals surface area contributed by atoms with Gasteiger partial charge in [-0.1, -0.05) is 6.42 Å². The zero-order valence-electron chi connectivity index (χ0n) is 12.8. The Morgan fingerprint density at radius 3 is 2.80 bits per heavy atom. The van der Waals surface area contributed by atoms with Crippen molar-refractivity contribution in [2.75, 3.05) is 19.6 Å². The number of piperidine rings is 1. The van der Waals surface area contributed by atoms with E-state index in [1.54, 1.807) is 0 Å². The molecule has 4 rings (SSSR count). The summed E-state index contributed by atoms with van der Waals surface area (Å²) in [6.45, 7) is 3.98. The lowest BCUT2D eigenvalue weighted by atomic mass is 9.90. The van der Waals surface area contributed by atoms with Crippen LogP contribution in [0.5, 0.6) is 0 Å². The molecule has 20 heavy (non-hydrogen) atoms. The zero-order valence-corrected chi connectivity index (χ0v) is 12.8. The Labute approximate surface area is 123 Å². The van der Waals surface area contributed by atoms with Gasteiger partial charge in [-0.15, -0.1) is 0 Å². The van der Waals surface area contributed by atoms with E-state index in [1.807, 2.05) is 0 Å². The third kappa shape index (κ3) is 2.65. The molecule has 0 amide bonds. The van der Waals surface area contributed by atoms with E-state index in [1.165, 1.54) is 77.4 Å². The summed E-state index contributed by atoms with van der Waals surface area (Å²) < 4.78 is 0. The molecule has 3 aliphatic heterocycles. The molecule has 0 radical (unpaired) electrons. The molecule has 5 unspecified atom stereocenters. The molecule has 3 heterocycles. The summed E-state index contributed by atoms with van der Waals surface area (Å²) in [6, 6.07) is 3.34. The Hall–Kier alpha value is -0.120. The molecule has 1 saturated carbocycles. The van der Waals surface area contributed by atoms with Gasteiger partial charge in [-0.25, -0.2) is 0 Å². The van der Waals surface area contributed by atoms with Crippen LogP contribution >= 0.6 is 0 Å². The first-order chi connectivity index (χ1) is 9.90. The van der Waals surface area contributed by atoms with Crippen LogP contribution in [0.2, 0.25) is 0 Å². The predicted molar refractivity (Wildman–Crippen MR) is 82.9 cm³/mol. The van der Waals surface area contributed by atoms with Crippen LogP contribution in [0.4, 0.5) is 0 Å². The van der Waals surface area contributed by atoms with Gasteiger partial charge in [0.25, 0.3) is 0 Å². The molecular weight excluding hydrogens is 246 g/mol. The lowest BCUT2D eigenvalue weighted by molar-refractivity contribution is 0.153. The molecule has 3 nitrogen and oxygen atoms in total. The minimum Gasteiger partial charge on any atom is -0.314 e. The van der Waals surface area contributed by atoms with E-state index in [-0.39, 0.29) is 0 Å². The fraction of sp³-hybridized carbons (Fsp3) is 1.00. The van der Waals surface area contributed by atoms with Gasteiger partial charge < -0.3 is 15.5 Å². The van der Waals surface area contributed by atoms with Crippen molar-refractivity contribution >= 4 is 0 Å². The lowest BCUT2D eigenvalue weighted by Gasteiger charge is -2.38. The van der Waals surface area contributed by atoms with Gasteiger partial charge in [0.05, 0.1) is 0 Å². The van der Waals surface area contributed by atoms with E-state index < -0.39 is 0 Å². The Bertz CT molecular complexity index is 326. The summed E-state index contributed by atoms with van der Waals surface area (Å²) in [6.07, 6.45) is 12.8. The highest BCUT2D eigenvalue weighted by atomic mass is 15.2. The van der Waals surface area contributed by atoms with Crippen LogP contribution in [0, 0.1) is 5.92 Å². The van der Waals surface area contributed by atoms with Crippen LogP contribution in [-0.2, 0) is 0 Å². The molecule has 2 N–H and O–H groups in total. The second kappa shape index (κ2) is 5.94. The fourth-order valence-electron chi connectivity index (χ4n) is 5.43. The van der Waals surface area contributed by atoms with Crippen molar-refractivity contribution in [1.82, 2.24) is 15.5 Å². The highest BCUT2D eigenvalue weighted by Gasteiger charge is 2.38. The second-order valence-electron chi connectivity index (χ2n) is 7.62. The molecule has 3 heteroatoms. The molecule has 114 valence electrons. The molecule has 3 saturated heterocycles. The molecule has 0 spiro atoms. The number of nitrogens with one attached hydrogen (secondary N) is 2. The number of rotatable bonds is 3. The number of fused-ring (bicyclic) bond motifs is 1. The van der Waals surface area contributed by atoms with Crippen LogP contribution < -0.4 is 10.6 Å². The third-order valence-corrected chi connectivity index (χ3v) is 6.45. The normalized spacial score (nSPS) is 45.9. The molecule has 4 fully saturated rings. The standard InChI is InChI=1S/C17H31N3/c1-5-15(16-7-2-9-18-16)17(6-1)19-13-8-11-20-10-3-4-14(20)12-13/h13-19H,1-12H2. The maximum absolute atomic E-state index is 4.09. The van der Waals surface area contributed by atoms with Crippen molar-refractivity contribution in [2.45, 2.75) is 82.0 Å². The van der Waals surface area contributed by atoms with Crippen LogP contribution in [-0.4, -0.2) is 48.7 Å². The highest BCUT2D eigenvalue weighted by Crippen LogP contribution is 2.34. The first-order valence-corrected chi connectivity index (χ1v) is 9.13. The number of nitrogens with zero attached hydrogens (tertiary/aromatic N) is 1. The molecule has 0 aromatic rings. The predicted octanol–water partition coefficient (Wildman–Crippen LogP) is 2.12.